The monoisotopic (exact) mass is 342 g/mol. The lowest BCUT2D eigenvalue weighted by atomic mass is 10.0. The van der Waals surface area contributed by atoms with Crippen molar-refractivity contribution in [1.82, 2.24) is 10.6 Å². The smallest absolute Gasteiger partial charge is 0.234 e. The summed E-state index contributed by atoms with van der Waals surface area (Å²) in [6.07, 6.45) is 0. The molecule has 0 bridgehead atoms. The van der Waals surface area contributed by atoms with Crippen LogP contribution in [0.3, 0.4) is 0 Å². The number of hydrogen-bond acceptors (Lipinski definition) is 4. The molecule has 1 amide bonds. The van der Waals surface area contributed by atoms with Gasteiger partial charge in [-0.1, -0.05) is 36.4 Å². The molecule has 0 aliphatic heterocycles. The third-order valence-electron chi connectivity index (χ3n) is 3.92. The summed E-state index contributed by atoms with van der Waals surface area (Å²) in [7, 11) is 1.61. The van der Waals surface area contributed by atoms with Gasteiger partial charge in [0.25, 0.3) is 0 Å². The first-order chi connectivity index (χ1) is 12.1. The van der Waals surface area contributed by atoms with Gasteiger partial charge in [-0.25, -0.2) is 0 Å². The number of benzene rings is 2. The number of aryl methyl sites for hydroxylation is 1. The van der Waals surface area contributed by atoms with Crippen molar-refractivity contribution in [3.05, 3.63) is 59.7 Å². The molecule has 0 unspecified atom stereocenters. The number of ether oxygens (including phenoxy) is 2. The maximum atomic E-state index is 12.0. The Labute approximate surface area is 149 Å². The third-order valence-corrected chi connectivity index (χ3v) is 3.92. The minimum absolute atomic E-state index is 0.0136. The van der Waals surface area contributed by atoms with E-state index in [1.54, 1.807) is 7.11 Å². The summed E-state index contributed by atoms with van der Waals surface area (Å²) >= 11 is 0. The van der Waals surface area contributed by atoms with Gasteiger partial charge in [-0.15, -0.1) is 0 Å². The van der Waals surface area contributed by atoms with Gasteiger partial charge in [0.05, 0.1) is 19.7 Å². The van der Waals surface area contributed by atoms with Crippen LogP contribution in [0.15, 0.2) is 48.5 Å². The molecule has 0 fully saturated rings. The van der Waals surface area contributed by atoms with E-state index in [1.165, 1.54) is 5.56 Å². The van der Waals surface area contributed by atoms with Crippen molar-refractivity contribution in [2.45, 2.75) is 19.9 Å². The minimum atomic E-state index is -0.0342. The van der Waals surface area contributed by atoms with Crippen LogP contribution in [0.4, 0.5) is 0 Å². The highest BCUT2D eigenvalue weighted by molar-refractivity contribution is 5.78. The Kier molecular flexibility index (Phi) is 7.29. The number of carbonyl (C=O) groups is 1. The zero-order valence-electron chi connectivity index (χ0n) is 15.0. The standard InChI is InChI=1S/C20H26N2O3/c1-15-8-4-5-9-17(15)16(2)22-20(23)14-21-12-13-25-19-11-7-6-10-18(19)24-3/h4-11,16,21H,12-14H2,1-3H3,(H,22,23)/t16-/m1/s1. The van der Waals surface area contributed by atoms with Gasteiger partial charge in [-0.2, -0.15) is 0 Å². The summed E-state index contributed by atoms with van der Waals surface area (Å²) in [5.74, 6) is 1.37. The molecule has 0 spiro atoms. The molecule has 2 aromatic rings. The van der Waals surface area contributed by atoms with Gasteiger partial charge in [0.2, 0.25) is 5.91 Å². The molecule has 2 rings (SSSR count). The van der Waals surface area contributed by atoms with Crippen molar-refractivity contribution in [1.29, 1.82) is 0 Å². The molecule has 5 nitrogen and oxygen atoms in total. The first-order valence-electron chi connectivity index (χ1n) is 8.43. The van der Waals surface area contributed by atoms with Crippen LogP contribution in [0.2, 0.25) is 0 Å². The molecule has 1 atom stereocenters. The van der Waals surface area contributed by atoms with Crippen molar-refractivity contribution in [2.75, 3.05) is 26.8 Å². The van der Waals surface area contributed by atoms with Crippen molar-refractivity contribution >= 4 is 5.91 Å². The molecule has 0 heterocycles. The number of amides is 1. The second-order valence-corrected chi connectivity index (χ2v) is 5.82. The van der Waals surface area contributed by atoms with Crippen LogP contribution in [-0.4, -0.2) is 32.7 Å². The van der Waals surface area contributed by atoms with Crippen LogP contribution in [0.5, 0.6) is 11.5 Å². The van der Waals surface area contributed by atoms with Gasteiger partial charge < -0.3 is 20.1 Å². The van der Waals surface area contributed by atoms with Crippen molar-refractivity contribution in [2.24, 2.45) is 0 Å². The van der Waals surface area contributed by atoms with Gasteiger partial charge in [-0.3, -0.25) is 4.79 Å². The molecule has 0 saturated carbocycles. The molecule has 0 aliphatic rings. The predicted molar refractivity (Wildman–Crippen MR) is 99.1 cm³/mol. The second-order valence-electron chi connectivity index (χ2n) is 5.82. The van der Waals surface area contributed by atoms with Crippen molar-refractivity contribution in [3.8, 4) is 11.5 Å². The van der Waals surface area contributed by atoms with Gasteiger partial charge in [0.15, 0.2) is 11.5 Å². The maximum Gasteiger partial charge on any atom is 0.234 e. The van der Waals surface area contributed by atoms with Crippen LogP contribution < -0.4 is 20.1 Å². The van der Waals surface area contributed by atoms with Crippen LogP contribution in [-0.2, 0) is 4.79 Å². The number of hydrogen-bond donors (Lipinski definition) is 2. The average molecular weight is 342 g/mol. The summed E-state index contributed by atoms with van der Waals surface area (Å²) in [4.78, 5) is 12.0. The van der Waals surface area contributed by atoms with E-state index in [9.17, 15) is 4.79 Å². The number of para-hydroxylation sites is 2. The van der Waals surface area contributed by atoms with Crippen molar-refractivity contribution < 1.29 is 14.3 Å². The number of carbonyl (C=O) groups excluding carboxylic acids is 1. The number of rotatable bonds is 9. The van der Waals surface area contributed by atoms with Crippen LogP contribution in [0.25, 0.3) is 0 Å². The molecular formula is C20H26N2O3. The second kappa shape index (κ2) is 9.69. The van der Waals surface area contributed by atoms with Crippen LogP contribution in [0.1, 0.15) is 24.1 Å². The Morgan fingerprint density at radius 2 is 1.76 bits per heavy atom. The van der Waals surface area contributed by atoms with Gasteiger partial charge >= 0.3 is 0 Å². The normalized spacial score (nSPS) is 11.6. The Bertz CT molecular complexity index is 688. The molecule has 0 radical (unpaired) electrons. The average Bonchev–Trinajstić information content (AvgIpc) is 2.62. The summed E-state index contributed by atoms with van der Waals surface area (Å²) in [6, 6.07) is 15.5. The van der Waals surface area contributed by atoms with E-state index in [1.807, 2.05) is 62.4 Å². The zero-order chi connectivity index (χ0) is 18.1. The van der Waals surface area contributed by atoms with Gasteiger partial charge in [0.1, 0.15) is 6.61 Å². The molecular weight excluding hydrogens is 316 g/mol. The lowest BCUT2D eigenvalue weighted by molar-refractivity contribution is -0.120. The van der Waals surface area contributed by atoms with E-state index >= 15 is 0 Å². The Morgan fingerprint density at radius 3 is 2.48 bits per heavy atom. The summed E-state index contributed by atoms with van der Waals surface area (Å²) in [6.45, 7) is 5.33. The van der Waals surface area contributed by atoms with E-state index in [2.05, 4.69) is 10.6 Å². The molecule has 2 aromatic carbocycles. The van der Waals surface area contributed by atoms with Crippen LogP contribution in [0, 0.1) is 6.92 Å². The van der Waals surface area contributed by atoms with E-state index in [-0.39, 0.29) is 18.5 Å². The van der Waals surface area contributed by atoms with Gasteiger partial charge in [-0.05, 0) is 37.1 Å². The summed E-state index contributed by atoms with van der Waals surface area (Å²) < 4.78 is 10.9. The highest BCUT2D eigenvalue weighted by Crippen LogP contribution is 2.25. The molecule has 0 aliphatic carbocycles. The number of nitrogens with one attached hydrogen (secondary N) is 2. The topological polar surface area (TPSA) is 59.6 Å². The lowest BCUT2D eigenvalue weighted by Crippen LogP contribution is -2.37. The quantitative estimate of drug-likeness (QED) is 0.688. The largest absolute Gasteiger partial charge is 0.493 e. The molecule has 2 N–H and O–H groups in total. The van der Waals surface area contributed by atoms with E-state index in [4.69, 9.17) is 9.47 Å². The van der Waals surface area contributed by atoms with E-state index < -0.39 is 0 Å². The number of methoxy groups -OCH3 is 1. The predicted octanol–water partition coefficient (Wildman–Crippen LogP) is 2.85. The molecule has 25 heavy (non-hydrogen) atoms. The lowest BCUT2D eigenvalue weighted by Gasteiger charge is -2.17. The first kappa shape index (κ1) is 18.8. The Morgan fingerprint density at radius 1 is 1.08 bits per heavy atom. The maximum absolute atomic E-state index is 12.0. The fourth-order valence-corrected chi connectivity index (χ4v) is 2.62. The SMILES string of the molecule is COc1ccccc1OCCNCC(=O)N[C@H](C)c1ccccc1C. The Hall–Kier alpha value is -2.53. The summed E-state index contributed by atoms with van der Waals surface area (Å²) in [5, 5.41) is 6.09. The highest BCUT2D eigenvalue weighted by Gasteiger charge is 2.10. The molecule has 0 aromatic heterocycles. The molecule has 0 saturated heterocycles. The minimum Gasteiger partial charge on any atom is -0.493 e. The van der Waals surface area contributed by atoms with Gasteiger partial charge in [0, 0.05) is 6.54 Å². The summed E-state index contributed by atoms with van der Waals surface area (Å²) in [5.41, 5.74) is 2.31. The van der Waals surface area contributed by atoms with Crippen molar-refractivity contribution in [3.63, 3.8) is 0 Å². The fourth-order valence-electron chi connectivity index (χ4n) is 2.62. The van der Waals surface area contributed by atoms with E-state index in [0.717, 1.165) is 5.56 Å². The van der Waals surface area contributed by atoms with E-state index in [0.29, 0.717) is 24.7 Å². The fraction of sp³-hybridized carbons (Fsp3) is 0.350. The zero-order valence-corrected chi connectivity index (χ0v) is 15.0. The molecule has 5 heteroatoms. The third kappa shape index (κ3) is 5.80. The van der Waals surface area contributed by atoms with Crippen LogP contribution >= 0.6 is 0 Å². The Balaban J connectivity index is 1.68. The molecule has 134 valence electrons. The first-order valence-corrected chi connectivity index (χ1v) is 8.43. The highest BCUT2D eigenvalue weighted by atomic mass is 16.5.